The van der Waals surface area contributed by atoms with E-state index in [1.807, 2.05) is 0 Å². The Labute approximate surface area is 104 Å². The Balaban J connectivity index is 2.04. The summed E-state index contributed by atoms with van der Waals surface area (Å²) in [5.74, 6) is -0.809. The van der Waals surface area contributed by atoms with Crippen LogP contribution in [0.4, 0.5) is 4.39 Å². The van der Waals surface area contributed by atoms with E-state index in [9.17, 15) is 9.18 Å². The highest BCUT2D eigenvalue weighted by molar-refractivity contribution is 6.31. The van der Waals surface area contributed by atoms with Gasteiger partial charge in [0.25, 0.3) is 5.91 Å². The molecule has 0 unspecified atom stereocenters. The third kappa shape index (κ3) is 3.17. The maximum atomic E-state index is 13.1. The van der Waals surface area contributed by atoms with E-state index in [1.54, 1.807) is 0 Å². The van der Waals surface area contributed by atoms with Gasteiger partial charge >= 0.3 is 0 Å². The lowest BCUT2D eigenvalue weighted by atomic mass is 10.1. The molecule has 1 aliphatic rings. The molecule has 0 aliphatic heterocycles. The van der Waals surface area contributed by atoms with Crippen molar-refractivity contribution in [3.8, 4) is 0 Å². The largest absolute Gasteiger partial charge is 0.349 e. The maximum Gasteiger partial charge on any atom is 0.251 e. The van der Waals surface area contributed by atoms with Crippen molar-refractivity contribution >= 4 is 17.5 Å². The van der Waals surface area contributed by atoms with Crippen LogP contribution in [0.15, 0.2) is 18.2 Å². The van der Waals surface area contributed by atoms with E-state index < -0.39 is 5.82 Å². The lowest BCUT2D eigenvalue weighted by molar-refractivity contribution is 0.0937. The molecular weight excluding hydrogens is 243 g/mol. The number of carbonyl (C=O) groups is 1. The summed E-state index contributed by atoms with van der Waals surface area (Å²) in [4.78, 5) is 11.8. The third-order valence-corrected chi connectivity index (χ3v) is 3.15. The van der Waals surface area contributed by atoms with Crippen LogP contribution in [-0.2, 0) is 0 Å². The average molecular weight is 257 g/mol. The Morgan fingerprint density at radius 1 is 1.41 bits per heavy atom. The van der Waals surface area contributed by atoms with Crippen LogP contribution in [0.1, 0.15) is 29.6 Å². The lowest BCUT2D eigenvalue weighted by Gasteiger charge is -2.12. The molecule has 3 N–H and O–H groups in total. The average Bonchev–Trinajstić information content (AvgIpc) is 2.62. The molecule has 0 bridgehead atoms. The van der Waals surface area contributed by atoms with Crippen molar-refractivity contribution in [2.45, 2.75) is 31.3 Å². The molecule has 1 fully saturated rings. The number of hydrogen-bond donors (Lipinski definition) is 2. The standard InChI is InChI=1S/C12H14ClFN2O/c13-8-3-7(4-9(14)5-8)12(17)16-11-2-1-10(15)6-11/h3-5,10-11H,1-2,6,15H2,(H,16,17)/t10-,11-/m0/s1. The SMILES string of the molecule is N[C@H]1CC[C@H](NC(=O)c2cc(F)cc(Cl)c2)C1. The van der Waals surface area contributed by atoms with Crippen LogP contribution in [0.2, 0.25) is 5.02 Å². The van der Waals surface area contributed by atoms with Crippen LogP contribution >= 0.6 is 11.6 Å². The summed E-state index contributed by atoms with van der Waals surface area (Å²) >= 11 is 5.69. The Kier molecular flexibility index (Phi) is 3.64. The van der Waals surface area contributed by atoms with Gasteiger partial charge < -0.3 is 11.1 Å². The smallest absolute Gasteiger partial charge is 0.251 e. The molecule has 1 aromatic rings. The van der Waals surface area contributed by atoms with Gasteiger partial charge in [0.1, 0.15) is 5.82 Å². The van der Waals surface area contributed by atoms with E-state index in [0.717, 1.165) is 19.3 Å². The summed E-state index contributed by atoms with van der Waals surface area (Å²) in [5.41, 5.74) is 6.00. The molecule has 0 heterocycles. The molecule has 5 heteroatoms. The number of nitrogens with one attached hydrogen (secondary N) is 1. The second-order valence-electron chi connectivity index (χ2n) is 4.40. The minimum atomic E-state index is -0.509. The van der Waals surface area contributed by atoms with E-state index >= 15 is 0 Å². The number of halogens is 2. The third-order valence-electron chi connectivity index (χ3n) is 2.93. The molecule has 2 atom stereocenters. The van der Waals surface area contributed by atoms with Crippen LogP contribution in [0, 0.1) is 5.82 Å². The zero-order valence-electron chi connectivity index (χ0n) is 9.25. The Morgan fingerprint density at radius 2 is 2.18 bits per heavy atom. The van der Waals surface area contributed by atoms with Crippen molar-refractivity contribution in [1.29, 1.82) is 0 Å². The minimum absolute atomic E-state index is 0.0829. The van der Waals surface area contributed by atoms with Gasteiger partial charge in [-0.3, -0.25) is 4.79 Å². The fourth-order valence-electron chi connectivity index (χ4n) is 2.10. The topological polar surface area (TPSA) is 55.1 Å². The van der Waals surface area contributed by atoms with Crippen molar-refractivity contribution < 1.29 is 9.18 Å². The van der Waals surface area contributed by atoms with Crippen LogP contribution in [0.5, 0.6) is 0 Å². The first kappa shape index (κ1) is 12.3. The number of carbonyl (C=O) groups excluding carboxylic acids is 1. The fraction of sp³-hybridized carbons (Fsp3) is 0.417. The Bertz CT molecular complexity index is 418. The highest BCUT2D eigenvalue weighted by Crippen LogP contribution is 2.19. The van der Waals surface area contributed by atoms with Gasteiger partial charge in [-0.2, -0.15) is 0 Å². The van der Waals surface area contributed by atoms with Gasteiger partial charge in [0.05, 0.1) is 0 Å². The van der Waals surface area contributed by atoms with E-state index in [-0.39, 0.29) is 28.6 Å². The Hall–Kier alpha value is -1.13. The molecular formula is C12H14ClFN2O. The molecule has 1 aromatic carbocycles. The van der Waals surface area contributed by atoms with Crippen molar-refractivity contribution in [1.82, 2.24) is 5.32 Å². The first-order chi connectivity index (χ1) is 8.04. The quantitative estimate of drug-likeness (QED) is 0.851. The first-order valence-electron chi connectivity index (χ1n) is 5.57. The van der Waals surface area contributed by atoms with E-state index in [1.165, 1.54) is 18.2 Å². The number of rotatable bonds is 2. The van der Waals surface area contributed by atoms with Gasteiger partial charge in [-0.25, -0.2) is 4.39 Å². The molecule has 92 valence electrons. The minimum Gasteiger partial charge on any atom is -0.349 e. The molecule has 0 spiro atoms. The van der Waals surface area contributed by atoms with Gasteiger partial charge in [0.2, 0.25) is 0 Å². The number of nitrogens with two attached hydrogens (primary N) is 1. The van der Waals surface area contributed by atoms with Gasteiger partial charge in [-0.15, -0.1) is 0 Å². The Morgan fingerprint density at radius 3 is 2.76 bits per heavy atom. The summed E-state index contributed by atoms with van der Waals surface area (Å²) in [6.45, 7) is 0. The number of amides is 1. The highest BCUT2D eigenvalue weighted by Gasteiger charge is 2.23. The van der Waals surface area contributed by atoms with E-state index in [0.29, 0.717) is 0 Å². The van der Waals surface area contributed by atoms with E-state index in [2.05, 4.69) is 5.32 Å². The van der Waals surface area contributed by atoms with Crippen LogP contribution in [-0.4, -0.2) is 18.0 Å². The monoisotopic (exact) mass is 256 g/mol. The van der Waals surface area contributed by atoms with Crippen molar-refractivity contribution in [2.75, 3.05) is 0 Å². The summed E-state index contributed by atoms with van der Waals surface area (Å²) in [5, 5.41) is 3.06. The normalized spacial score (nSPS) is 23.7. The van der Waals surface area contributed by atoms with Gasteiger partial charge in [-0.1, -0.05) is 11.6 Å². The van der Waals surface area contributed by atoms with Crippen molar-refractivity contribution in [2.24, 2.45) is 5.73 Å². The second kappa shape index (κ2) is 5.02. The molecule has 0 radical (unpaired) electrons. The van der Waals surface area contributed by atoms with Crippen molar-refractivity contribution in [3.63, 3.8) is 0 Å². The molecule has 1 aliphatic carbocycles. The summed E-state index contributed by atoms with van der Waals surface area (Å²) < 4.78 is 13.1. The van der Waals surface area contributed by atoms with Crippen LogP contribution < -0.4 is 11.1 Å². The van der Waals surface area contributed by atoms with Crippen LogP contribution in [0.25, 0.3) is 0 Å². The molecule has 3 nitrogen and oxygen atoms in total. The van der Waals surface area contributed by atoms with E-state index in [4.69, 9.17) is 17.3 Å². The van der Waals surface area contributed by atoms with Gasteiger partial charge in [-0.05, 0) is 37.5 Å². The predicted molar refractivity (Wildman–Crippen MR) is 64.5 cm³/mol. The lowest BCUT2D eigenvalue weighted by Crippen LogP contribution is -2.34. The van der Waals surface area contributed by atoms with Crippen molar-refractivity contribution in [3.05, 3.63) is 34.6 Å². The number of hydrogen-bond acceptors (Lipinski definition) is 2. The van der Waals surface area contributed by atoms with Gasteiger partial charge in [0.15, 0.2) is 0 Å². The molecule has 2 rings (SSSR count). The molecule has 0 saturated heterocycles. The molecule has 1 amide bonds. The molecule has 0 aromatic heterocycles. The fourth-order valence-corrected chi connectivity index (χ4v) is 2.32. The summed E-state index contributed by atoms with van der Waals surface area (Å²) in [7, 11) is 0. The maximum absolute atomic E-state index is 13.1. The van der Waals surface area contributed by atoms with Crippen LogP contribution in [0.3, 0.4) is 0 Å². The zero-order chi connectivity index (χ0) is 12.4. The number of benzene rings is 1. The molecule has 1 saturated carbocycles. The highest BCUT2D eigenvalue weighted by atomic mass is 35.5. The predicted octanol–water partition coefficient (Wildman–Crippen LogP) is 2.09. The molecule has 17 heavy (non-hydrogen) atoms. The summed E-state index contributed by atoms with van der Waals surface area (Å²) in [6.07, 6.45) is 2.56. The first-order valence-corrected chi connectivity index (χ1v) is 5.95. The van der Waals surface area contributed by atoms with Gasteiger partial charge in [0, 0.05) is 22.7 Å². The second-order valence-corrected chi connectivity index (χ2v) is 4.84. The summed E-state index contributed by atoms with van der Waals surface area (Å²) in [6, 6.07) is 4.03. The zero-order valence-corrected chi connectivity index (χ0v) is 10.0.